The molecule has 0 amide bonds. The lowest BCUT2D eigenvalue weighted by Crippen LogP contribution is -2.17. The Kier molecular flexibility index (Phi) is 5.10. The minimum Gasteiger partial charge on any atom is -0.406 e. The number of carbonyl (C=O) groups excluding carboxylic acids is 1. The molecule has 0 radical (unpaired) electrons. The number of nitrogens with zero attached hydrogens (tertiary/aromatic N) is 1. The smallest absolute Gasteiger partial charge is 0.406 e. The van der Waals surface area contributed by atoms with Crippen molar-refractivity contribution in [3.63, 3.8) is 0 Å². The van der Waals surface area contributed by atoms with Gasteiger partial charge in [-0.05, 0) is 36.4 Å². The van der Waals surface area contributed by atoms with Crippen molar-refractivity contribution in [2.45, 2.75) is 6.36 Å². The molecule has 0 spiro atoms. The quantitative estimate of drug-likeness (QED) is 0.813. The average molecular weight is 304 g/mol. The van der Waals surface area contributed by atoms with E-state index in [2.05, 4.69) is 9.72 Å². The standard InChI is InChI=1S/C13H8F3NO2.ClH/c14-13(15,16)19-11-3-1-9(2-4-11)12(18)10-5-7-17-8-6-10;/h1-8H;1H. The fraction of sp³-hybridized carbons (Fsp3) is 0.0769. The van der Waals surface area contributed by atoms with Gasteiger partial charge in [0.15, 0.2) is 5.78 Å². The molecule has 0 atom stereocenters. The third-order valence-electron chi connectivity index (χ3n) is 2.29. The third kappa shape index (κ3) is 4.24. The molecule has 0 bridgehead atoms. The highest BCUT2D eigenvalue weighted by Gasteiger charge is 2.31. The molecule has 20 heavy (non-hydrogen) atoms. The van der Waals surface area contributed by atoms with Crippen LogP contribution in [0.15, 0.2) is 48.8 Å². The van der Waals surface area contributed by atoms with Crippen LogP contribution in [0.4, 0.5) is 13.2 Å². The Morgan fingerprint density at radius 3 is 1.95 bits per heavy atom. The summed E-state index contributed by atoms with van der Waals surface area (Å²) in [6.07, 6.45) is -1.81. The van der Waals surface area contributed by atoms with Crippen molar-refractivity contribution in [3.05, 3.63) is 59.9 Å². The lowest BCUT2D eigenvalue weighted by atomic mass is 10.0. The van der Waals surface area contributed by atoms with Crippen molar-refractivity contribution in [1.82, 2.24) is 4.98 Å². The van der Waals surface area contributed by atoms with E-state index in [1.165, 1.54) is 36.7 Å². The number of hydrogen-bond acceptors (Lipinski definition) is 3. The normalized spacial score (nSPS) is 10.6. The van der Waals surface area contributed by atoms with Gasteiger partial charge in [-0.2, -0.15) is 0 Å². The maximum absolute atomic E-state index is 12.0. The Morgan fingerprint density at radius 2 is 1.45 bits per heavy atom. The summed E-state index contributed by atoms with van der Waals surface area (Å²) in [5.74, 6) is -0.653. The second-order valence-corrected chi connectivity index (χ2v) is 3.64. The topological polar surface area (TPSA) is 39.2 Å². The molecule has 106 valence electrons. The molecule has 3 nitrogen and oxygen atoms in total. The Balaban J connectivity index is 0.00000200. The van der Waals surface area contributed by atoms with E-state index in [0.29, 0.717) is 5.56 Å². The molecule has 2 rings (SSSR count). The highest BCUT2D eigenvalue weighted by Crippen LogP contribution is 2.23. The molecule has 0 fully saturated rings. The van der Waals surface area contributed by atoms with Crippen LogP contribution in [0.25, 0.3) is 0 Å². The van der Waals surface area contributed by atoms with E-state index < -0.39 is 6.36 Å². The van der Waals surface area contributed by atoms with Gasteiger partial charge in [-0.3, -0.25) is 9.78 Å². The largest absolute Gasteiger partial charge is 0.573 e. The fourth-order valence-corrected chi connectivity index (χ4v) is 1.48. The zero-order chi connectivity index (χ0) is 13.9. The molecule has 0 saturated heterocycles. The van der Waals surface area contributed by atoms with Gasteiger partial charge in [0.05, 0.1) is 0 Å². The highest BCUT2D eigenvalue weighted by atomic mass is 35.5. The lowest BCUT2D eigenvalue weighted by molar-refractivity contribution is -0.274. The van der Waals surface area contributed by atoms with E-state index in [0.717, 1.165) is 12.1 Å². The number of hydrogen-bond donors (Lipinski definition) is 0. The van der Waals surface area contributed by atoms with Crippen molar-refractivity contribution in [2.24, 2.45) is 0 Å². The third-order valence-corrected chi connectivity index (χ3v) is 2.29. The number of pyridine rings is 1. The molecule has 0 unspecified atom stereocenters. The predicted octanol–water partition coefficient (Wildman–Crippen LogP) is 3.63. The zero-order valence-electron chi connectivity index (χ0n) is 9.92. The molecule has 1 aromatic heterocycles. The van der Waals surface area contributed by atoms with E-state index in [4.69, 9.17) is 0 Å². The minimum atomic E-state index is -4.74. The predicted molar refractivity (Wildman–Crippen MR) is 68.0 cm³/mol. The van der Waals surface area contributed by atoms with Gasteiger partial charge in [0, 0.05) is 23.5 Å². The summed E-state index contributed by atoms with van der Waals surface area (Å²) in [7, 11) is 0. The summed E-state index contributed by atoms with van der Waals surface area (Å²) in [5, 5.41) is 0. The molecule has 0 aliphatic carbocycles. The number of carbonyl (C=O) groups is 1. The van der Waals surface area contributed by atoms with Gasteiger partial charge in [0.2, 0.25) is 0 Å². The molecule has 0 aliphatic rings. The summed E-state index contributed by atoms with van der Waals surface area (Å²) in [4.78, 5) is 15.7. The molecule has 2 aromatic rings. The molecule has 1 aromatic carbocycles. The minimum absolute atomic E-state index is 0. The maximum atomic E-state index is 12.0. The summed E-state index contributed by atoms with van der Waals surface area (Å²) in [6.45, 7) is 0. The second-order valence-electron chi connectivity index (χ2n) is 3.64. The Bertz CT molecular complexity index is 570. The highest BCUT2D eigenvalue weighted by molar-refractivity contribution is 6.08. The number of halogens is 4. The van der Waals surface area contributed by atoms with Crippen molar-refractivity contribution >= 4 is 18.2 Å². The summed E-state index contributed by atoms with van der Waals surface area (Å²) >= 11 is 0. The molecule has 1 heterocycles. The molecular formula is C13H9ClF3NO2. The van der Waals surface area contributed by atoms with Crippen molar-refractivity contribution in [2.75, 3.05) is 0 Å². The maximum Gasteiger partial charge on any atom is 0.573 e. The van der Waals surface area contributed by atoms with Gasteiger partial charge >= 0.3 is 6.36 Å². The number of aromatic nitrogens is 1. The number of rotatable bonds is 3. The van der Waals surface area contributed by atoms with Gasteiger partial charge < -0.3 is 4.74 Å². The number of alkyl halides is 3. The molecule has 0 saturated carbocycles. The first kappa shape index (κ1) is 16.0. The van der Waals surface area contributed by atoms with Gasteiger partial charge in [-0.1, -0.05) is 0 Å². The summed E-state index contributed by atoms with van der Waals surface area (Å²) < 4.78 is 39.6. The van der Waals surface area contributed by atoms with E-state index in [-0.39, 0.29) is 29.5 Å². The van der Waals surface area contributed by atoms with Gasteiger partial charge in [-0.25, -0.2) is 0 Å². The van der Waals surface area contributed by atoms with Crippen molar-refractivity contribution in [1.29, 1.82) is 0 Å². The van der Waals surface area contributed by atoms with Crippen LogP contribution in [-0.2, 0) is 0 Å². The Morgan fingerprint density at radius 1 is 0.950 bits per heavy atom. The van der Waals surface area contributed by atoms with Crippen LogP contribution in [-0.4, -0.2) is 17.1 Å². The average Bonchev–Trinajstić information content (AvgIpc) is 2.38. The van der Waals surface area contributed by atoms with Crippen LogP contribution in [0.2, 0.25) is 0 Å². The Hall–Kier alpha value is -2.08. The van der Waals surface area contributed by atoms with E-state index >= 15 is 0 Å². The molecular weight excluding hydrogens is 295 g/mol. The van der Waals surface area contributed by atoms with E-state index in [1.807, 2.05) is 0 Å². The molecule has 0 N–H and O–H groups in total. The first-order chi connectivity index (χ1) is 8.96. The van der Waals surface area contributed by atoms with E-state index in [1.54, 1.807) is 0 Å². The van der Waals surface area contributed by atoms with Crippen LogP contribution in [0.5, 0.6) is 5.75 Å². The molecule has 7 heteroatoms. The summed E-state index contributed by atoms with van der Waals surface area (Å²) in [5.41, 5.74) is 0.695. The van der Waals surface area contributed by atoms with Gasteiger partial charge in [0.25, 0.3) is 0 Å². The fourth-order valence-electron chi connectivity index (χ4n) is 1.48. The summed E-state index contributed by atoms with van der Waals surface area (Å²) in [6, 6.07) is 7.82. The van der Waals surface area contributed by atoms with Crippen LogP contribution >= 0.6 is 12.4 Å². The van der Waals surface area contributed by atoms with Crippen LogP contribution < -0.4 is 4.74 Å². The van der Waals surface area contributed by atoms with Crippen LogP contribution in [0.3, 0.4) is 0 Å². The van der Waals surface area contributed by atoms with Gasteiger partial charge in [-0.15, -0.1) is 25.6 Å². The number of ether oxygens (including phenoxy) is 1. The second kappa shape index (κ2) is 6.38. The van der Waals surface area contributed by atoms with E-state index in [9.17, 15) is 18.0 Å². The number of ketones is 1. The molecule has 0 aliphatic heterocycles. The lowest BCUT2D eigenvalue weighted by Gasteiger charge is -2.09. The van der Waals surface area contributed by atoms with Crippen molar-refractivity contribution < 1.29 is 22.7 Å². The van der Waals surface area contributed by atoms with Crippen molar-refractivity contribution in [3.8, 4) is 5.75 Å². The SMILES string of the molecule is Cl.O=C(c1ccncc1)c1ccc(OC(F)(F)F)cc1. The Labute approximate surface area is 118 Å². The van der Waals surface area contributed by atoms with Gasteiger partial charge in [0.1, 0.15) is 5.75 Å². The monoisotopic (exact) mass is 303 g/mol. The number of benzene rings is 1. The van der Waals surface area contributed by atoms with Crippen LogP contribution in [0, 0.1) is 0 Å². The first-order valence-corrected chi connectivity index (χ1v) is 5.26. The zero-order valence-corrected chi connectivity index (χ0v) is 10.7. The first-order valence-electron chi connectivity index (χ1n) is 5.26. The van der Waals surface area contributed by atoms with Crippen LogP contribution in [0.1, 0.15) is 15.9 Å².